The van der Waals surface area contributed by atoms with Crippen molar-refractivity contribution in [2.24, 2.45) is 0 Å². The molecule has 0 aliphatic carbocycles. The maximum Gasteiger partial charge on any atom is 0.0534 e. The largest absolute Gasteiger partial charge is 0.395 e. The van der Waals surface area contributed by atoms with E-state index in [-0.39, 0.29) is 12.5 Å². The first-order chi connectivity index (χ1) is 5.79. The van der Waals surface area contributed by atoms with Gasteiger partial charge in [-0.15, -0.1) is 6.58 Å². The van der Waals surface area contributed by atoms with Crippen LogP contribution in [0.3, 0.4) is 0 Å². The lowest BCUT2D eigenvalue weighted by Gasteiger charge is -2.11. The second-order valence-electron chi connectivity index (χ2n) is 2.88. The van der Waals surface area contributed by atoms with Gasteiger partial charge in [0.15, 0.2) is 0 Å². The molecule has 0 saturated heterocycles. The monoisotopic (exact) mass is 162 g/mol. The van der Waals surface area contributed by atoms with E-state index in [0.29, 0.717) is 0 Å². The molecule has 1 heteroatoms. The van der Waals surface area contributed by atoms with Crippen molar-refractivity contribution >= 4 is 0 Å². The quantitative estimate of drug-likeness (QED) is 0.676. The predicted octanol–water partition coefficient (Wildman–Crippen LogP) is 2.26. The molecule has 12 heavy (non-hydrogen) atoms. The van der Waals surface area contributed by atoms with Crippen LogP contribution in [0.2, 0.25) is 0 Å². The Morgan fingerprint density at radius 1 is 1.50 bits per heavy atom. The normalized spacial score (nSPS) is 12.5. The maximum absolute atomic E-state index is 9.03. The number of aryl methyl sites for hydroxylation is 1. The van der Waals surface area contributed by atoms with Crippen molar-refractivity contribution in [1.29, 1.82) is 0 Å². The molecule has 1 aromatic carbocycles. The first-order valence-electron chi connectivity index (χ1n) is 4.08. The van der Waals surface area contributed by atoms with Crippen molar-refractivity contribution in [3.05, 3.63) is 48.0 Å². The fraction of sp³-hybridized carbons (Fsp3) is 0.273. The summed E-state index contributed by atoms with van der Waals surface area (Å²) in [6.45, 7) is 5.87. The second kappa shape index (κ2) is 4.07. The zero-order valence-electron chi connectivity index (χ0n) is 7.33. The summed E-state index contributed by atoms with van der Waals surface area (Å²) >= 11 is 0. The Balaban J connectivity index is 3.00. The van der Waals surface area contributed by atoms with E-state index >= 15 is 0 Å². The van der Waals surface area contributed by atoms with Crippen LogP contribution in [0.1, 0.15) is 17.0 Å². The number of aliphatic hydroxyl groups excluding tert-OH is 1. The molecule has 0 radical (unpaired) electrons. The Hall–Kier alpha value is -1.08. The minimum absolute atomic E-state index is 0.0752. The van der Waals surface area contributed by atoms with Gasteiger partial charge in [0.05, 0.1) is 6.61 Å². The summed E-state index contributed by atoms with van der Waals surface area (Å²) in [5.74, 6) is 0.0752. The van der Waals surface area contributed by atoms with Crippen molar-refractivity contribution in [2.45, 2.75) is 12.8 Å². The van der Waals surface area contributed by atoms with Crippen molar-refractivity contribution in [2.75, 3.05) is 6.61 Å². The summed E-state index contributed by atoms with van der Waals surface area (Å²) in [6, 6.07) is 8.05. The second-order valence-corrected chi connectivity index (χ2v) is 2.88. The van der Waals surface area contributed by atoms with Gasteiger partial charge in [-0.05, 0) is 18.1 Å². The van der Waals surface area contributed by atoms with E-state index in [4.69, 9.17) is 5.11 Å². The van der Waals surface area contributed by atoms with Gasteiger partial charge in [-0.1, -0.05) is 30.3 Å². The van der Waals surface area contributed by atoms with Gasteiger partial charge in [-0.3, -0.25) is 0 Å². The Labute approximate surface area is 73.4 Å². The van der Waals surface area contributed by atoms with E-state index < -0.39 is 0 Å². The van der Waals surface area contributed by atoms with Gasteiger partial charge in [0.2, 0.25) is 0 Å². The summed E-state index contributed by atoms with van der Waals surface area (Å²) in [7, 11) is 0. The van der Waals surface area contributed by atoms with Crippen molar-refractivity contribution in [1.82, 2.24) is 0 Å². The van der Waals surface area contributed by atoms with Gasteiger partial charge in [-0.2, -0.15) is 0 Å². The van der Waals surface area contributed by atoms with Crippen LogP contribution in [-0.2, 0) is 0 Å². The molecule has 0 fully saturated rings. The van der Waals surface area contributed by atoms with Crippen molar-refractivity contribution < 1.29 is 5.11 Å². The molecular formula is C11H14O. The Bertz CT molecular complexity index is 265. The van der Waals surface area contributed by atoms with Crippen LogP contribution in [0.5, 0.6) is 0 Å². The lowest BCUT2D eigenvalue weighted by Crippen LogP contribution is -2.01. The SMILES string of the molecule is C=CC(CO)c1ccccc1C. The Kier molecular flexibility index (Phi) is 3.06. The summed E-state index contributed by atoms with van der Waals surface area (Å²) in [6.07, 6.45) is 1.78. The van der Waals surface area contributed by atoms with E-state index in [2.05, 4.69) is 6.58 Å². The molecule has 0 heterocycles. The van der Waals surface area contributed by atoms with Crippen LogP contribution in [0.25, 0.3) is 0 Å². The fourth-order valence-corrected chi connectivity index (χ4v) is 1.30. The van der Waals surface area contributed by atoms with E-state index in [9.17, 15) is 0 Å². The number of hydrogen-bond acceptors (Lipinski definition) is 1. The number of benzene rings is 1. The third kappa shape index (κ3) is 1.74. The van der Waals surface area contributed by atoms with Crippen LogP contribution in [0, 0.1) is 6.92 Å². The van der Waals surface area contributed by atoms with Gasteiger partial charge in [-0.25, -0.2) is 0 Å². The third-order valence-electron chi connectivity index (χ3n) is 2.07. The van der Waals surface area contributed by atoms with E-state index in [0.717, 1.165) is 5.56 Å². The molecule has 1 unspecified atom stereocenters. The summed E-state index contributed by atoms with van der Waals surface area (Å²) < 4.78 is 0. The molecule has 1 atom stereocenters. The van der Waals surface area contributed by atoms with E-state index in [1.165, 1.54) is 5.56 Å². The number of hydrogen-bond donors (Lipinski definition) is 1. The van der Waals surface area contributed by atoms with Gasteiger partial charge >= 0.3 is 0 Å². The molecule has 0 amide bonds. The minimum Gasteiger partial charge on any atom is -0.395 e. The molecule has 1 aromatic rings. The summed E-state index contributed by atoms with van der Waals surface area (Å²) in [5, 5.41) is 9.03. The molecule has 0 bridgehead atoms. The molecule has 0 aliphatic heterocycles. The van der Waals surface area contributed by atoms with Crippen molar-refractivity contribution in [3.63, 3.8) is 0 Å². The van der Waals surface area contributed by atoms with Crippen LogP contribution in [0.4, 0.5) is 0 Å². The Morgan fingerprint density at radius 3 is 2.67 bits per heavy atom. The van der Waals surface area contributed by atoms with Crippen LogP contribution in [-0.4, -0.2) is 11.7 Å². The van der Waals surface area contributed by atoms with Gasteiger partial charge in [0.1, 0.15) is 0 Å². The Morgan fingerprint density at radius 2 is 2.17 bits per heavy atom. The van der Waals surface area contributed by atoms with Gasteiger partial charge in [0, 0.05) is 5.92 Å². The maximum atomic E-state index is 9.03. The minimum atomic E-state index is 0.0752. The molecule has 1 rings (SSSR count). The molecule has 0 saturated carbocycles. The smallest absolute Gasteiger partial charge is 0.0534 e. The highest BCUT2D eigenvalue weighted by atomic mass is 16.3. The van der Waals surface area contributed by atoms with Crippen LogP contribution in [0.15, 0.2) is 36.9 Å². The highest BCUT2D eigenvalue weighted by Gasteiger charge is 2.06. The average Bonchev–Trinajstić information content (AvgIpc) is 2.10. The molecule has 64 valence electrons. The van der Waals surface area contributed by atoms with Crippen LogP contribution >= 0.6 is 0 Å². The topological polar surface area (TPSA) is 20.2 Å². The first kappa shape index (κ1) is 9.01. The molecule has 0 aliphatic rings. The third-order valence-corrected chi connectivity index (χ3v) is 2.07. The zero-order valence-corrected chi connectivity index (χ0v) is 7.33. The predicted molar refractivity (Wildman–Crippen MR) is 51.2 cm³/mol. The lowest BCUT2D eigenvalue weighted by molar-refractivity contribution is 0.283. The molecular weight excluding hydrogens is 148 g/mol. The van der Waals surface area contributed by atoms with E-state index in [1.807, 2.05) is 31.2 Å². The summed E-state index contributed by atoms with van der Waals surface area (Å²) in [4.78, 5) is 0. The lowest BCUT2D eigenvalue weighted by atomic mass is 9.96. The molecule has 0 spiro atoms. The van der Waals surface area contributed by atoms with Crippen molar-refractivity contribution in [3.8, 4) is 0 Å². The zero-order chi connectivity index (χ0) is 8.97. The first-order valence-corrected chi connectivity index (χ1v) is 4.08. The van der Waals surface area contributed by atoms with Gasteiger partial charge in [0.25, 0.3) is 0 Å². The highest BCUT2D eigenvalue weighted by molar-refractivity contribution is 5.31. The molecule has 0 aromatic heterocycles. The molecule has 1 nitrogen and oxygen atoms in total. The average molecular weight is 162 g/mol. The number of rotatable bonds is 3. The van der Waals surface area contributed by atoms with E-state index in [1.54, 1.807) is 6.08 Å². The highest BCUT2D eigenvalue weighted by Crippen LogP contribution is 2.19. The van der Waals surface area contributed by atoms with Gasteiger partial charge < -0.3 is 5.11 Å². The number of aliphatic hydroxyl groups is 1. The van der Waals surface area contributed by atoms with Crippen LogP contribution < -0.4 is 0 Å². The fourth-order valence-electron chi connectivity index (χ4n) is 1.30. The molecule has 1 N–H and O–H groups in total. The summed E-state index contributed by atoms with van der Waals surface area (Å²) in [5.41, 5.74) is 2.37. The standard InChI is InChI=1S/C11H14O/c1-3-10(8-12)11-7-5-4-6-9(11)2/h3-7,10,12H,1,8H2,2H3.